The number of ether oxygens (including phenoxy) is 3. The van der Waals surface area contributed by atoms with Gasteiger partial charge in [-0.15, -0.1) is 0 Å². The first-order valence-electron chi connectivity index (χ1n) is 12.6. The van der Waals surface area contributed by atoms with Gasteiger partial charge in [0.15, 0.2) is 26.6 Å². The van der Waals surface area contributed by atoms with Crippen molar-refractivity contribution in [2.45, 2.75) is 63.4 Å². The van der Waals surface area contributed by atoms with Crippen LogP contribution in [0.5, 0.6) is 5.75 Å². The number of halogens is 8. The molecule has 44 heavy (non-hydrogen) atoms. The van der Waals surface area contributed by atoms with Crippen molar-refractivity contribution in [2.24, 2.45) is 0 Å². The SMILES string of the molecule is CC(Oc1ccc([S+](c2ccccc2)c2cccc(C3(C)OCC(F)(F)C(F)(F)C(F)(F)CO3)c2)cc1)C(F)(F)S(=O)(=O)O. The zero-order valence-corrected chi connectivity index (χ0v) is 24.5. The van der Waals surface area contributed by atoms with Crippen molar-refractivity contribution in [3.63, 3.8) is 0 Å². The number of alkyl halides is 8. The summed E-state index contributed by atoms with van der Waals surface area (Å²) in [7, 11) is -6.77. The Morgan fingerprint density at radius 1 is 0.818 bits per heavy atom. The number of rotatable bonds is 8. The first-order chi connectivity index (χ1) is 20.2. The third-order valence-corrected chi connectivity index (χ3v) is 9.97. The molecule has 1 saturated heterocycles. The van der Waals surface area contributed by atoms with E-state index in [1.807, 2.05) is 0 Å². The van der Waals surface area contributed by atoms with Crippen LogP contribution in [0.15, 0.2) is 93.5 Å². The Morgan fingerprint density at radius 3 is 1.84 bits per heavy atom. The van der Waals surface area contributed by atoms with Crippen LogP contribution in [0, 0.1) is 0 Å². The van der Waals surface area contributed by atoms with E-state index in [1.165, 1.54) is 42.5 Å². The molecule has 2 atom stereocenters. The highest BCUT2D eigenvalue weighted by molar-refractivity contribution is 7.97. The molecule has 3 aromatic carbocycles. The van der Waals surface area contributed by atoms with Gasteiger partial charge in [-0.2, -0.15) is 43.5 Å². The molecule has 0 radical (unpaired) electrons. The van der Waals surface area contributed by atoms with Crippen molar-refractivity contribution in [2.75, 3.05) is 13.2 Å². The zero-order valence-electron chi connectivity index (χ0n) is 22.8. The lowest BCUT2D eigenvalue weighted by Gasteiger charge is -2.40. The van der Waals surface area contributed by atoms with Gasteiger partial charge in [-0.25, -0.2) is 0 Å². The fourth-order valence-corrected chi connectivity index (χ4v) is 6.70. The van der Waals surface area contributed by atoms with Gasteiger partial charge in [-0.05, 0) is 56.3 Å². The van der Waals surface area contributed by atoms with Crippen molar-refractivity contribution in [3.8, 4) is 5.75 Å². The van der Waals surface area contributed by atoms with Gasteiger partial charge in [-0.1, -0.05) is 30.3 Å². The summed E-state index contributed by atoms with van der Waals surface area (Å²) in [6.45, 7) is -2.30. The summed E-state index contributed by atoms with van der Waals surface area (Å²) in [5, 5.41) is -4.60. The Balaban J connectivity index is 1.70. The van der Waals surface area contributed by atoms with Gasteiger partial charge in [0.25, 0.3) is 0 Å². The molecule has 240 valence electrons. The van der Waals surface area contributed by atoms with E-state index in [0.717, 1.165) is 13.8 Å². The van der Waals surface area contributed by atoms with Crippen LogP contribution in [0.2, 0.25) is 0 Å². The first kappa shape index (κ1) is 34.0. The molecule has 0 saturated carbocycles. The summed E-state index contributed by atoms with van der Waals surface area (Å²) in [4.78, 5) is 1.73. The molecular weight excluding hydrogens is 648 g/mol. The second-order valence-corrected chi connectivity index (χ2v) is 13.4. The molecule has 2 unspecified atom stereocenters. The molecule has 1 N–H and O–H groups in total. The van der Waals surface area contributed by atoms with Gasteiger partial charge in [0.1, 0.15) is 19.0 Å². The molecular formula is C28H25F8O6S2+. The van der Waals surface area contributed by atoms with E-state index in [-0.39, 0.29) is 11.3 Å². The summed E-state index contributed by atoms with van der Waals surface area (Å²) < 4.78 is 158. The molecule has 0 spiro atoms. The van der Waals surface area contributed by atoms with Gasteiger partial charge in [0, 0.05) is 11.6 Å². The molecule has 0 aliphatic carbocycles. The maximum Gasteiger partial charge on any atom is 0.405 e. The largest absolute Gasteiger partial charge is 0.483 e. The molecule has 6 nitrogen and oxygen atoms in total. The van der Waals surface area contributed by atoms with Crippen molar-refractivity contribution in [1.29, 1.82) is 0 Å². The van der Waals surface area contributed by atoms with E-state index in [1.54, 1.807) is 36.4 Å². The predicted octanol–water partition coefficient (Wildman–Crippen LogP) is 7.16. The number of hydrogen-bond donors (Lipinski definition) is 1. The van der Waals surface area contributed by atoms with E-state index < -0.39 is 69.1 Å². The second kappa shape index (κ2) is 11.8. The van der Waals surface area contributed by atoms with Crippen molar-refractivity contribution >= 4 is 21.0 Å². The summed E-state index contributed by atoms with van der Waals surface area (Å²) in [5.41, 5.74) is -0.0264. The van der Waals surface area contributed by atoms with E-state index >= 15 is 0 Å². The van der Waals surface area contributed by atoms with E-state index in [2.05, 4.69) is 0 Å². The molecule has 4 rings (SSSR count). The molecule has 1 heterocycles. The molecule has 0 bridgehead atoms. The lowest BCUT2D eigenvalue weighted by Crippen LogP contribution is -2.61. The Kier molecular flexibility index (Phi) is 9.09. The summed E-state index contributed by atoms with van der Waals surface area (Å²) in [6.07, 6.45) is -2.25. The number of benzene rings is 3. The third-order valence-electron chi connectivity index (χ3n) is 6.74. The van der Waals surface area contributed by atoms with E-state index in [9.17, 15) is 43.5 Å². The zero-order chi connectivity index (χ0) is 32.8. The number of hydrogen-bond acceptors (Lipinski definition) is 5. The summed E-state index contributed by atoms with van der Waals surface area (Å²) >= 11 is 0. The van der Waals surface area contributed by atoms with E-state index in [0.29, 0.717) is 14.7 Å². The third kappa shape index (κ3) is 6.40. The maximum absolute atomic E-state index is 14.2. The minimum absolute atomic E-state index is 0.0264. The Hall–Kier alpha value is -2.92. The van der Waals surface area contributed by atoms with Crippen LogP contribution >= 0.6 is 0 Å². The van der Waals surface area contributed by atoms with Gasteiger partial charge < -0.3 is 14.2 Å². The quantitative estimate of drug-likeness (QED) is 0.155. The smallest absolute Gasteiger partial charge is 0.405 e. The molecule has 1 aliphatic rings. The molecule has 0 aromatic heterocycles. The van der Waals surface area contributed by atoms with Gasteiger partial charge in [-0.3, -0.25) is 4.55 Å². The van der Waals surface area contributed by atoms with Crippen molar-refractivity contribution in [3.05, 3.63) is 84.4 Å². The highest BCUT2D eigenvalue weighted by atomic mass is 32.2. The normalized spacial score (nSPS) is 21.0. The standard InChI is InChI=1S/C28H24F8O6S2/c1-18(27(33,34)44(37,38)39)42-20-11-13-22(14-12-20)43(21-8-4-3-5-9-21)23-10-6-7-19(15-23)24(2)40-16-25(29,30)28(35,36)26(31,32)17-41-24/h3-15,18H,16-17H2,1-2H3/p+1. The average molecular weight is 674 g/mol. The monoisotopic (exact) mass is 673 g/mol. The molecule has 3 aromatic rings. The van der Waals surface area contributed by atoms with Crippen LogP contribution in [-0.2, 0) is 36.3 Å². The average Bonchev–Trinajstić information content (AvgIpc) is 2.96. The highest BCUT2D eigenvalue weighted by Crippen LogP contribution is 2.49. The fraction of sp³-hybridized carbons (Fsp3) is 0.357. The van der Waals surface area contributed by atoms with Crippen molar-refractivity contribution < 1.29 is 62.3 Å². The van der Waals surface area contributed by atoms with Crippen LogP contribution in [-0.4, -0.2) is 55.3 Å². The molecule has 1 aliphatic heterocycles. The topological polar surface area (TPSA) is 82.1 Å². The Labute approximate surface area is 250 Å². The van der Waals surface area contributed by atoms with Crippen LogP contribution in [0.1, 0.15) is 19.4 Å². The fourth-order valence-electron chi connectivity index (χ4n) is 4.12. The minimum atomic E-state index is -5.75. The van der Waals surface area contributed by atoms with Crippen LogP contribution in [0.4, 0.5) is 35.1 Å². The minimum Gasteiger partial charge on any atom is -0.483 e. The van der Waals surface area contributed by atoms with Crippen LogP contribution < -0.4 is 4.74 Å². The van der Waals surface area contributed by atoms with Gasteiger partial charge in [0.05, 0.1) is 10.9 Å². The molecule has 1 fully saturated rings. The van der Waals surface area contributed by atoms with Crippen molar-refractivity contribution in [1.82, 2.24) is 0 Å². The van der Waals surface area contributed by atoms with Gasteiger partial charge >= 0.3 is 33.1 Å². The molecule has 0 amide bonds. The Bertz CT molecular complexity index is 1550. The lowest BCUT2D eigenvalue weighted by molar-refractivity contribution is -0.387. The lowest BCUT2D eigenvalue weighted by atomic mass is 10.0. The van der Waals surface area contributed by atoms with E-state index in [4.69, 9.17) is 18.8 Å². The molecule has 16 heteroatoms. The summed E-state index contributed by atoms with van der Waals surface area (Å²) in [6, 6.07) is 20.1. The second-order valence-electron chi connectivity index (χ2n) is 9.92. The Morgan fingerprint density at radius 2 is 1.32 bits per heavy atom. The first-order valence-corrected chi connectivity index (χ1v) is 15.3. The van der Waals surface area contributed by atoms with Crippen LogP contribution in [0.3, 0.4) is 0 Å². The predicted molar refractivity (Wildman–Crippen MR) is 142 cm³/mol. The van der Waals surface area contributed by atoms with Crippen LogP contribution in [0.25, 0.3) is 0 Å². The maximum atomic E-state index is 14.2. The summed E-state index contributed by atoms with van der Waals surface area (Å²) in [5.74, 6) is -18.6. The van der Waals surface area contributed by atoms with Gasteiger partial charge in [0.2, 0.25) is 0 Å². The highest BCUT2D eigenvalue weighted by Gasteiger charge is 2.73.